The molecule has 6 nitrogen and oxygen atoms in total. The fourth-order valence-electron chi connectivity index (χ4n) is 1.84. The van der Waals surface area contributed by atoms with Crippen molar-refractivity contribution >= 4 is 17.5 Å². The molecule has 0 spiro atoms. The van der Waals surface area contributed by atoms with Crippen LogP contribution in [0.25, 0.3) is 0 Å². The first-order valence-corrected chi connectivity index (χ1v) is 6.96. The van der Waals surface area contributed by atoms with E-state index in [0.717, 1.165) is 17.8 Å². The number of amides is 2. The van der Waals surface area contributed by atoms with Crippen molar-refractivity contribution in [2.75, 3.05) is 32.1 Å². The van der Waals surface area contributed by atoms with Crippen LogP contribution in [0.15, 0.2) is 24.3 Å². The maximum absolute atomic E-state index is 11.7. The molecule has 1 rings (SSSR count). The maximum atomic E-state index is 11.7. The number of carbonyl (C=O) groups is 2. The molecule has 1 aromatic rings. The zero-order chi connectivity index (χ0) is 15.8. The highest BCUT2D eigenvalue weighted by Gasteiger charge is 2.10. The van der Waals surface area contributed by atoms with Crippen molar-refractivity contribution in [3.8, 4) is 0 Å². The average Bonchev–Trinajstić information content (AvgIpc) is 2.45. The Labute approximate surface area is 126 Å². The molecule has 0 saturated heterocycles. The normalized spacial score (nSPS) is 10.3. The predicted octanol–water partition coefficient (Wildman–Crippen LogP) is 0.742. The van der Waals surface area contributed by atoms with Gasteiger partial charge in [0.25, 0.3) is 5.91 Å². The molecular formula is C15H24N4O2. The van der Waals surface area contributed by atoms with E-state index in [2.05, 4.69) is 35.1 Å². The van der Waals surface area contributed by atoms with Crippen LogP contribution in [0.3, 0.4) is 0 Å². The molecule has 0 atom stereocenters. The van der Waals surface area contributed by atoms with E-state index in [1.165, 1.54) is 6.92 Å². The van der Waals surface area contributed by atoms with Crippen LogP contribution < -0.4 is 15.8 Å². The molecule has 2 amide bonds. The molecule has 0 aliphatic carbocycles. The van der Waals surface area contributed by atoms with Crippen LogP contribution in [0.5, 0.6) is 0 Å². The Kier molecular flexibility index (Phi) is 6.68. The minimum Gasteiger partial charge on any atom is -0.378 e. The minimum absolute atomic E-state index is 0.225. The summed E-state index contributed by atoms with van der Waals surface area (Å²) in [7, 11) is 4.00. The highest BCUT2D eigenvalue weighted by Crippen LogP contribution is 2.13. The Morgan fingerprint density at radius 3 is 2.19 bits per heavy atom. The van der Waals surface area contributed by atoms with Gasteiger partial charge in [0, 0.05) is 33.3 Å². The Balaban J connectivity index is 2.53. The number of benzene rings is 1. The lowest BCUT2D eigenvalue weighted by molar-refractivity contribution is -0.128. The van der Waals surface area contributed by atoms with Crippen molar-refractivity contribution in [3.63, 3.8) is 0 Å². The van der Waals surface area contributed by atoms with Crippen LogP contribution in [-0.2, 0) is 16.1 Å². The molecule has 6 heteroatoms. The third kappa shape index (κ3) is 6.27. The van der Waals surface area contributed by atoms with E-state index in [1.807, 2.05) is 30.8 Å². The summed E-state index contributed by atoms with van der Waals surface area (Å²) < 4.78 is 0. The van der Waals surface area contributed by atoms with Crippen molar-refractivity contribution in [1.29, 1.82) is 0 Å². The number of carbonyl (C=O) groups excluding carboxylic acids is 2. The second-order valence-electron chi connectivity index (χ2n) is 5.09. The molecular weight excluding hydrogens is 268 g/mol. The van der Waals surface area contributed by atoms with Crippen molar-refractivity contribution in [2.45, 2.75) is 20.4 Å². The van der Waals surface area contributed by atoms with Gasteiger partial charge in [-0.25, -0.2) is 0 Å². The molecule has 116 valence electrons. The fraction of sp³-hybridized carbons (Fsp3) is 0.467. The fourth-order valence-corrected chi connectivity index (χ4v) is 1.84. The minimum atomic E-state index is -0.286. The molecule has 0 aromatic heterocycles. The van der Waals surface area contributed by atoms with E-state index in [0.29, 0.717) is 6.54 Å². The first-order valence-electron chi connectivity index (χ1n) is 6.96. The molecule has 0 aliphatic rings. The summed E-state index contributed by atoms with van der Waals surface area (Å²) in [6.45, 7) is 5.04. The van der Waals surface area contributed by atoms with Gasteiger partial charge < -0.3 is 4.90 Å². The molecule has 0 unspecified atom stereocenters. The average molecular weight is 292 g/mol. The second-order valence-corrected chi connectivity index (χ2v) is 5.09. The highest BCUT2D eigenvalue weighted by molar-refractivity contribution is 5.81. The van der Waals surface area contributed by atoms with Gasteiger partial charge in [-0.3, -0.25) is 25.3 Å². The number of likely N-dealkylation sites (N-methyl/N-ethyl adjacent to an activating group) is 1. The lowest BCUT2D eigenvalue weighted by Crippen LogP contribution is -2.45. The van der Waals surface area contributed by atoms with Crippen molar-refractivity contribution in [3.05, 3.63) is 29.8 Å². The Morgan fingerprint density at radius 1 is 1.10 bits per heavy atom. The summed E-state index contributed by atoms with van der Waals surface area (Å²) in [6, 6.07) is 8.23. The zero-order valence-corrected chi connectivity index (χ0v) is 13.1. The van der Waals surface area contributed by atoms with E-state index in [4.69, 9.17) is 0 Å². The summed E-state index contributed by atoms with van der Waals surface area (Å²) in [4.78, 5) is 26.5. The number of rotatable bonds is 6. The predicted molar refractivity (Wildman–Crippen MR) is 83.7 cm³/mol. The molecule has 0 aliphatic heterocycles. The Bertz CT molecular complexity index is 471. The number of hydrogen-bond donors (Lipinski definition) is 2. The van der Waals surface area contributed by atoms with E-state index in [9.17, 15) is 9.59 Å². The standard InChI is InChI=1S/C15H24N4O2/c1-5-19(11-15(21)17-16-12(2)20)10-13-6-8-14(9-7-13)18(3)4/h6-9H,5,10-11H2,1-4H3,(H,16,20)(H,17,21). The third-order valence-corrected chi connectivity index (χ3v) is 3.05. The van der Waals surface area contributed by atoms with Crippen LogP contribution in [0.1, 0.15) is 19.4 Å². The summed E-state index contributed by atoms with van der Waals surface area (Å²) in [5, 5.41) is 0. The van der Waals surface area contributed by atoms with Crippen molar-refractivity contribution in [1.82, 2.24) is 15.8 Å². The van der Waals surface area contributed by atoms with Gasteiger partial charge in [-0.15, -0.1) is 0 Å². The monoisotopic (exact) mass is 292 g/mol. The van der Waals surface area contributed by atoms with Gasteiger partial charge in [-0.05, 0) is 24.2 Å². The first-order chi connectivity index (χ1) is 9.92. The lowest BCUT2D eigenvalue weighted by Gasteiger charge is -2.20. The SMILES string of the molecule is CCN(CC(=O)NNC(C)=O)Cc1ccc(N(C)C)cc1. The summed E-state index contributed by atoms with van der Waals surface area (Å²) >= 11 is 0. The van der Waals surface area contributed by atoms with Gasteiger partial charge in [0.15, 0.2) is 0 Å². The molecule has 0 radical (unpaired) electrons. The molecule has 0 saturated carbocycles. The van der Waals surface area contributed by atoms with Crippen LogP contribution in [-0.4, -0.2) is 43.9 Å². The summed E-state index contributed by atoms with van der Waals surface area (Å²) in [5.74, 6) is -0.511. The molecule has 2 N–H and O–H groups in total. The van der Waals surface area contributed by atoms with Crippen LogP contribution in [0.4, 0.5) is 5.69 Å². The van der Waals surface area contributed by atoms with E-state index in [-0.39, 0.29) is 18.4 Å². The number of anilines is 1. The van der Waals surface area contributed by atoms with E-state index >= 15 is 0 Å². The Morgan fingerprint density at radius 2 is 1.71 bits per heavy atom. The molecule has 21 heavy (non-hydrogen) atoms. The van der Waals surface area contributed by atoms with Gasteiger partial charge >= 0.3 is 0 Å². The van der Waals surface area contributed by atoms with E-state index < -0.39 is 0 Å². The van der Waals surface area contributed by atoms with Gasteiger partial charge in [0.2, 0.25) is 5.91 Å². The summed E-state index contributed by atoms with van der Waals surface area (Å²) in [6.07, 6.45) is 0. The Hall–Kier alpha value is -2.08. The van der Waals surface area contributed by atoms with Crippen LogP contribution >= 0.6 is 0 Å². The summed E-state index contributed by atoms with van der Waals surface area (Å²) in [5.41, 5.74) is 6.95. The number of nitrogens with zero attached hydrogens (tertiary/aromatic N) is 2. The molecule has 1 aromatic carbocycles. The smallest absolute Gasteiger partial charge is 0.252 e. The maximum Gasteiger partial charge on any atom is 0.252 e. The lowest BCUT2D eigenvalue weighted by atomic mass is 10.2. The number of hydrogen-bond acceptors (Lipinski definition) is 4. The molecule has 0 heterocycles. The quantitative estimate of drug-likeness (QED) is 0.759. The third-order valence-electron chi connectivity index (χ3n) is 3.05. The van der Waals surface area contributed by atoms with Crippen LogP contribution in [0.2, 0.25) is 0 Å². The van der Waals surface area contributed by atoms with Gasteiger partial charge in [0.1, 0.15) is 0 Å². The zero-order valence-electron chi connectivity index (χ0n) is 13.1. The van der Waals surface area contributed by atoms with Crippen molar-refractivity contribution in [2.24, 2.45) is 0 Å². The van der Waals surface area contributed by atoms with E-state index in [1.54, 1.807) is 0 Å². The van der Waals surface area contributed by atoms with Gasteiger partial charge in [-0.1, -0.05) is 19.1 Å². The molecule has 0 fully saturated rings. The number of nitrogens with one attached hydrogen (secondary N) is 2. The van der Waals surface area contributed by atoms with Gasteiger partial charge in [-0.2, -0.15) is 0 Å². The van der Waals surface area contributed by atoms with Crippen LogP contribution in [0, 0.1) is 0 Å². The second kappa shape index (κ2) is 8.26. The number of hydrazine groups is 1. The largest absolute Gasteiger partial charge is 0.378 e. The topological polar surface area (TPSA) is 64.7 Å². The van der Waals surface area contributed by atoms with Gasteiger partial charge in [0.05, 0.1) is 6.54 Å². The first kappa shape index (κ1) is 17.0. The van der Waals surface area contributed by atoms with Crippen molar-refractivity contribution < 1.29 is 9.59 Å². The highest BCUT2D eigenvalue weighted by atomic mass is 16.2. The molecule has 0 bridgehead atoms.